The Morgan fingerprint density at radius 1 is 1.38 bits per heavy atom. The van der Waals surface area contributed by atoms with Gasteiger partial charge in [-0.25, -0.2) is 4.79 Å². The molecule has 0 saturated carbocycles. The number of nitrogens with zero attached hydrogens (tertiary/aromatic N) is 2. The number of rotatable bonds is 4. The smallest absolute Gasteiger partial charge is 0.351 e. The summed E-state index contributed by atoms with van der Waals surface area (Å²) in [6.07, 6.45) is 0.0531. The fourth-order valence-electron chi connectivity index (χ4n) is 2.18. The van der Waals surface area contributed by atoms with Crippen LogP contribution in [0.15, 0.2) is 45.8 Å². The van der Waals surface area contributed by atoms with Crippen LogP contribution in [0.25, 0.3) is 0 Å². The number of carbonyl (C=O) groups excluding carboxylic acids is 1. The fourth-order valence-corrected chi connectivity index (χ4v) is 2.44. The number of nitrogens with one attached hydrogen (secondary N) is 1. The van der Waals surface area contributed by atoms with Gasteiger partial charge in [-0.3, -0.25) is 9.36 Å². The van der Waals surface area contributed by atoms with Crippen LogP contribution >= 0.6 is 15.9 Å². The number of amides is 1. The van der Waals surface area contributed by atoms with Gasteiger partial charge < -0.3 is 19.9 Å². The van der Waals surface area contributed by atoms with Crippen molar-refractivity contribution >= 4 is 27.7 Å². The molecule has 1 aromatic heterocycles. The summed E-state index contributed by atoms with van der Waals surface area (Å²) in [5.74, 6) is -0.227. The average molecular weight is 396 g/mol. The van der Waals surface area contributed by atoms with Crippen molar-refractivity contribution in [2.75, 3.05) is 18.5 Å². The van der Waals surface area contributed by atoms with Crippen molar-refractivity contribution in [3.63, 3.8) is 0 Å². The number of carbonyl (C=O) groups is 1. The summed E-state index contributed by atoms with van der Waals surface area (Å²) in [4.78, 5) is 28.0. The third-order valence-corrected chi connectivity index (χ3v) is 3.90. The van der Waals surface area contributed by atoms with Gasteiger partial charge in [0.15, 0.2) is 12.5 Å². The van der Waals surface area contributed by atoms with Crippen LogP contribution in [0.5, 0.6) is 0 Å². The van der Waals surface area contributed by atoms with Crippen molar-refractivity contribution in [3.8, 4) is 0 Å². The average Bonchev–Trinajstić information content (AvgIpc) is 3.04. The summed E-state index contributed by atoms with van der Waals surface area (Å²) < 4.78 is 12.6. The van der Waals surface area contributed by atoms with E-state index in [-0.39, 0.29) is 24.9 Å². The van der Waals surface area contributed by atoms with Crippen LogP contribution in [0, 0.1) is 0 Å². The van der Waals surface area contributed by atoms with Crippen LogP contribution in [-0.2, 0) is 9.47 Å². The van der Waals surface area contributed by atoms with Gasteiger partial charge >= 0.3 is 5.69 Å². The van der Waals surface area contributed by atoms with E-state index in [2.05, 4.69) is 26.2 Å². The molecule has 2 unspecified atom stereocenters. The summed E-state index contributed by atoms with van der Waals surface area (Å²) in [6.45, 7) is -0.155. The topological polar surface area (TPSA) is 103 Å². The number of anilines is 1. The van der Waals surface area contributed by atoms with Gasteiger partial charge in [0.25, 0.3) is 5.91 Å². The van der Waals surface area contributed by atoms with E-state index >= 15 is 0 Å². The van der Waals surface area contributed by atoms with Crippen molar-refractivity contribution in [3.05, 3.63) is 57.0 Å². The molecule has 1 aliphatic heterocycles. The van der Waals surface area contributed by atoms with Crippen LogP contribution in [0.3, 0.4) is 0 Å². The molecule has 1 aliphatic rings. The molecule has 126 valence electrons. The normalized spacial score (nSPS) is 20.1. The van der Waals surface area contributed by atoms with E-state index in [0.29, 0.717) is 5.56 Å². The molecular weight excluding hydrogens is 382 g/mol. The zero-order chi connectivity index (χ0) is 17.1. The zero-order valence-corrected chi connectivity index (χ0v) is 14.0. The first-order valence-corrected chi connectivity index (χ1v) is 7.90. The maximum absolute atomic E-state index is 12.1. The molecule has 8 nitrogen and oxygen atoms in total. The Labute approximate surface area is 145 Å². The number of aromatic nitrogens is 2. The minimum atomic E-state index is -0.751. The van der Waals surface area contributed by atoms with Crippen LogP contribution in [0.2, 0.25) is 0 Å². The van der Waals surface area contributed by atoms with Gasteiger partial charge in [-0.2, -0.15) is 4.98 Å². The first-order valence-electron chi connectivity index (χ1n) is 7.11. The van der Waals surface area contributed by atoms with E-state index in [0.717, 1.165) is 4.47 Å². The molecule has 0 spiro atoms. The lowest BCUT2D eigenvalue weighted by atomic mass is 10.2. The van der Waals surface area contributed by atoms with Crippen LogP contribution < -0.4 is 11.0 Å². The maximum Gasteiger partial charge on any atom is 0.351 e. The van der Waals surface area contributed by atoms with E-state index in [9.17, 15) is 9.59 Å². The van der Waals surface area contributed by atoms with Gasteiger partial charge in [0.1, 0.15) is 5.82 Å². The highest BCUT2D eigenvalue weighted by Gasteiger charge is 2.27. The maximum atomic E-state index is 12.1. The Morgan fingerprint density at radius 2 is 2.12 bits per heavy atom. The molecule has 24 heavy (non-hydrogen) atoms. The van der Waals surface area contributed by atoms with E-state index in [1.807, 2.05) is 0 Å². The van der Waals surface area contributed by atoms with E-state index in [4.69, 9.17) is 14.6 Å². The summed E-state index contributed by atoms with van der Waals surface area (Å²) in [5, 5.41) is 11.5. The molecule has 3 rings (SSSR count). The summed E-state index contributed by atoms with van der Waals surface area (Å²) in [5.41, 5.74) is -0.140. The van der Waals surface area contributed by atoms with Gasteiger partial charge in [0.05, 0.1) is 13.2 Å². The van der Waals surface area contributed by atoms with E-state index < -0.39 is 18.2 Å². The fraction of sp³-hybridized carbons (Fsp3) is 0.267. The second kappa shape index (κ2) is 7.22. The molecule has 2 aromatic rings. The van der Waals surface area contributed by atoms with Crippen molar-refractivity contribution in [1.29, 1.82) is 0 Å². The van der Waals surface area contributed by atoms with Gasteiger partial charge in [-0.1, -0.05) is 15.9 Å². The number of aliphatic hydroxyl groups is 1. The van der Waals surface area contributed by atoms with E-state index in [1.165, 1.54) is 16.8 Å². The Bertz CT molecular complexity index is 792. The van der Waals surface area contributed by atoms with Gasteiger partial charge in [-0.05, 0) is 30.3 Å². The minimum Gasteiger partial charge on any atom is -0.391 e. The Hall–Kier alpha value is -2.07. The van der Waals surface area contributed by atoms with Crippen LogP contribution in [0.4, 0.5) is 5.82 Å². The summed E-state index contributed by atoms with van der Waals surface area (Å²) in [7, 11) is 0. The molecule has 1 amide bonds. The van der Waals surface area contributed by atoms with Crippen LogP contribution in [-0.4, -0.2) is 40.1 Å². The predicted molar refractivity (Wildman–Crippen MR) is 87.5 cm³/mol. The third kappa shape index (κ3) is 3.70. The SMILES string of the molecule is O=C(Nc1ccn(C2COC(CO)O2)c(=O)n1)c1ccc(Br)cc1. The Balaban J connectivity index is 1.72. The van der Waals surface area contributed by atoms with Crippen LogP contribution in [0.1, 0.15) is 16.6 Å². The number of ether oxygens (including phenoxy) is 2. The second-order valence-electron chi connectivity index (χ2n) is 5.00. The number of hydrogen-bond acceptors (Lipinski definition) is 6. The monoisotopic (exact) mass is 395 g/mol. The summed E-state index contributed by atoms with van der Waals surface area (Å²) >= 11 is 3.29. The molecule has 2 atom stereocenters. The standard InChI is InChI=1S/C15H14BrN3O5/c16-10-3-1-9(2-4-10)14(21)17-11-5-6-19(15(22)18-11)12-8-23-13(7-20)24-12/h1-6,12-13,20H,7-8H2,(H,17,18,21,22). The quantitative estimate of drug-likeness (QED) is 0.803. The van der Waals surface area contributed by atoms with Crippen molar-refractivity contribution in [1.82, 2.24) is 9.55 Å². The first kappa shape index (κ1) is 16.8. The highest BCUT2D eigenvalue weighted by molar-refractivity contribution is 9.10. The number of hydrogen-bond donors (Lipinski definition) is 2. The molecule has 1 aromatic carbocycles. The van der Waals surface area contributed by atoms with Crippen molar-refractivity contribution < 1.29 is 19.4 Å². The third-order valence-electron chi connectivity index (χ3n) is 3.37. The lowest BCUT2D eigenvalue weighted by Gasteiger charge is -2.12. The Kier molecular flexibility index (Phi) is 5.05. The highest BCUT2D eigenvalue weighted by atomic mass is 79.9. The van der Waals surface area contributed by atoms with E-state index in [1.54, 1.807) is 24.3 Å². The molecule has 2 N–H and O–H groups in total. The highest BCUT2D eigenvalue weighted by Crippen LogP contribution is 2.19. The zero-order valence-electron chi connectivity index (χ0n) is 12.4. The largest absolute Gasteiger partial charge is 0.391 e. The molecular formula is C15H14BrN3O5. The van der Waals surface area contributed by atoms with Gasteiger partial charge in [0.2, 0.25) is 0 Å². The lowest BCUT2D eigenvalue weighted by Crippen LogP contribution is -2.29. The van der Waals surface area contributed by atoms with Crippen molar-refractivity contribution in [2.24, 2.45) is 0 Å². The summed E-state index contributed by atoms with van der Waals surface area (Å²) in [6, 6.07) is 8.29. The minimum absolute atomic E-state index is 0.136. The molecule has 2 heterocycles. The molecule has 1 saturated heterocycles. The number of aliphatic hydroxyl groups excluding tert-OH is 1. The molecule has 0 bridgehead atoms. The van der Waals surface area contributed by atoms with Crippen molar-refractivity contribution in [2.45, 2.75) is 12.5 Å². The molecule has 9 heteroatoms. The molecule has 0 radical (unpaired) electrons. The number of benzene rings is 1. The van der Waals surface area contributed by atoms with Gasteiger partial charge in [-0.15, -0.1) is 0 Å². The first-order chi connectivity index (χ1) is 11.6. The number of halogens is 1. The Morgan fingerprint density at radius 3 is 2.75 bits per heavy atom. The lowest BCUT2D eigenvalue weighted by molar-refractivity contribution is -0.0992. The molecule has 0 aliphatic carbocycles. The molecule has 1 fully saturated rings. The van der Waals surface area contributed by atoms with Gasteiger partial charge in [0, 0.05) is 16.2 Å². The second-order valence-corrected chi connectivity index (χ2v) is 5.92. The predicted octanol–water partition coefficient (Wildman–Crippen LogP) is 1.12.